The number of rotatable bonds is 3. The first-order valence-electron chi connectivity index (χ1n) is 4.91. The summed E-state index contributed by atoms with van der Waals surface area (Å²) in [6.07, 6.45) is 3.28. The maximum atomic E-state index is 6.07. The normalized spacial score (nSPS) is 10.1. The number of hydrogen-bond acceptors (Lipinski definition) is 4. The fourth-order valence-corrected chi connectivity index (χ4v) is 1.80. The minimum Gasteiger partial charge on any atom is -0.372 e. The first-order valence-corrected chi connectivity index (χ1v) is 6.08. The van der Waals surface area contributed by atoms with Crippen LogP contribution in [-0.4, -0.2) is 17.0 Å². The molecule has 0 aliphatic heterocycles. The van der Waals surface area contributed by atoms with Gasteiger partial charge in [0, 0.05) is 11.5 Å². The Hall–Kier alpha value is -1.33. The van der Waals surface area contributed by atoms with Crippen molar-refractivity contribution in [2.24, 2.45) is 0 Å². The maximum Gasteiger partial charge on any atom is 0.151 e. The van der Waals surface area contributed by atoms with Crippen LogP contribution in [0.15, 0.2) is 35.1 Å². The lowest BCUT2D eigenvalue weighted by atomic mass is 10.3. The zero-order valence-electron chi connectivity index (χ0n) is 9.04. The highest BCUT2D eigenvalue weighted by Gasteiger charge is 2.03. The lowest BCUT2D eigenvalue weighted by Gasteiger charge is -2.08. The minimum absolute atomic E-state index is 0.630. The second kappa shape index (κ2) is 5.33. The number of anilines is 3. The largest absolute Gasteiger partial charge is 0.372 e. The number of halogens is 2. The molecule has 88 valence electrons. The van der Waals surface area contributed by atoms with Gasteiger partial charge in [0.1, 0.15) is 5.82 Å². The fourth-order valence-electron chi connectivity index (χ4n) is 1.28. The van der Waals surface area contributed by atoms with Gasteiger partial charge < -0.3 is 10.6 Å². The summed E-state index contributed by atoms with van der Waals surface area (Å²) in [4.78, 5) is 8.36. The summed E-state index contributed by atoms with van der Waals surface area (Å²) in [5.74, 6) is 1.33. The summed E-state index contributed by atoms with van der Waals surface area (Å²) in [6.45, 7) is 0. The van der Waals surface area contributed by atoms with Gasteiger partial charge >= 0.3 is 0 Å². The van der Waals surface area contributed by atoms with Crippen LogP contribution in [0.1, 0.15) is 0 Å². The van der Waals surface area contributed by atoms with Crippen molar-refractivity contribution in [1.82, 2.24) is 9.97 Å². The van der Waals surface area contributed by atoms with E-state index in [0.29, 0.717) is 16.7 Å². The monoisotopic (exact) mass is 312 g/mol. The van der Waals surface area contributed by atoms with Gasteiger partial charge in [0.2, 0.25) is 0 Å². The van der Waals surface area contributed by atoms with Gasteiger partial charge in [-0.25, -0.2) is 4.98 Å². The first kappa shape index (κ1) is 12.1. The molecular weight excluding hydrogens is 304 g/mol. The molecule has 0 fully saturated rings. The Balaban J connectivity index is 2.27. The van der Waals surface area contributed by atoms with Gasteiger partial charge in [-0.15, -0.1) is 0 Å². The van der Waals surface area contributed by atoms with Gasteiger partial charge in [-0.1, -0.05) is 27.5 Å². The van der Waals surface area contributed by atoms with Crippen molar-refractivity contribution in [3.05, 3.63) is 40.1 Å². The van der Waals surface area contributed by atoms with E-state index in [1.807, 2.05) is 18.2 Å². The van der Waals surface area contributed by atoms with E-state index in [1.54, 1.807) is 19.4 Å². The van der Waals surface area contributed by atoms with Crippen molar-refractivity contribution in [1.29, 1.82) is 0 Å². The number of aromatic nitrogens is 2. The van der Waals surface area contributed by atoms with Crippen molar-refractivity contribution in [2.75, 3.05) is 17.7 Å². The predicted molar refractivity (Wildman–Crippen MR) is 74.0 cm³/mol. The predicted octanol–water partition coefficient (Wildman–Crippen LogP) is 3.68. The van der Waals surface area contributed by atoms with Gasteiger partial charge in [0.05, 0.1) is 23.1 Å². The molecule has 4 nitrogen and oxygen atoms in total. The first-order chi connectivity index (χ1) is 8.19. The Kier molecular flexibility index (Phi) is 3.81. The summed E-state index contributed by atoms with van der Waals surface area (Å²) < 4.78 is 0.946. The molecule has 6 heteroatoms. The van der Waals surface area contributed by atoms with Crippen molar-refractivity contribution in [3.8, 4) is 0 Å². The lowest BCUT2D eigenvalue weighted by molar-refractivity contribution is 1.18. The molecule has 2 N–H and O–H groups in total. The van der Waals surface area contributed by atoms with E-state index in [-0.39, 0.29) is 0 Å². The van der Waals surface area contributed by atoms with Crippen LogP contribution < -0.4 is 10.6 Å². The Morgan fingerprint density at radius 1 is 1.24 bits per heavy atom. The average Bonchev–Trinajstić information content (AvgIpc) is 2.34. The molecule has 0 spiro atoms. The van der Waals surface area contributed by atoms with Crippen molar-refractivity contribution in [2.45, 2.75) is 0 Å². The molecule has 0 unspecified atom stereocenters. The lowest BCUT2D eigenvalue weighted by Crippen LogP contribution is -1.99. The highest BCUT2D eigenvalue weighted by atomic mass is 79.9. The van der Waals surface area contributed by atoms with Crippen molar-refractivity contribution < 1.29 is 0 Å². The topological polar surface area (TPSA) is 49.8 Å². The van der Waals surface area contributed by atoms with Gasteiger partial charge in [-0.05, 0) is 18.2 Å². The molecule has 0 saturated carbocycles. The van der Waals surface area contributed by atoms with Gasteiger partial charge in [-0.3, -0.25) is 4.98 Å². The van der Waals surface area contributed by atoms with Crippen LogP contribution in [0.4, 0.5) is 17.3 Å². The van der Waals surface area contributed by atoms with E-state index in [9.17, 15) is 0 Å². The van der Waals surface area contributed by atoms with E-state index < -0.39 is 0 Å². The highest BCUT2D eigenvalue weighted by Crippen LogP contribution is 2.27. The highest BCUT2D eigenvalue weighted by molar-refractivity contribution is 9.10. The van der Waals surface area contributed by atoms with Crippen LogP contribution >= 0.6 is 27.5 Å². The van der Waals surface area contributed by atoms with Gasteiger partial charge in [-0.2, -0.15) is 0 Å². The summed E-state index contributed by atoms with van der Waals surface area (Å²) in [7, 11) is 1.79. The second-order valence-corrected chi connectivity index (χ2v) is 4.61. The minimum atomic E-state index is 0.630. The SMILES string of the molecule is CNc1cncc(Nc2cc(Br)ccc2Cl)n1. The fraction of sp³-hybridized carbons (Fsp3) is 0.0909. The van der Waals surface area contributed by atoms with Gasteiger partial charge in [0.25, 0.3) is 0 Å². The third kappa shape index (κ3) is 3.08. The quantitative estimate of drug-likeness (QED) is 0.907. The van der Waals surface area contributed by atoms with E-state index in [2.05, 4.69) is 36.5 Å². The van der Waals surface area contributed by atoms with E-state index >= 15 is 0 Å². The van der Waals surface area contributed by atoms with Gasteiger partial charge in [0.15, 0.2) is 5.82 Å². The molecular formula is C11H10BrClN4. The molecule has 1 aromatic carbocycles. The zero-order valence-corrected chi connectivity index (χ0v) is 11.4. The Bertz CT molecular complexity index is 533. The smallest absolute Gasteiger partial charge is 0.151 e. The maximum absolute atomic E-state index is 6.07. The molecule has 17 heavy (non-hydrogen) atoms. The summed E-state index contributed by atoms with van der Waals surface area (Å²) >= 11 is 9.46. The molecule has 1 aromatic heterocycles. The molecule has 0 amide bonds. The number of hydrogen-bond donors (Lipinski definition) is 2. The van der Waals surface area contributed by atoms with E-state index in [4.69, 9.17) is 11.6 Å². The number of nitrogens with one attached hydrogen (secondary N) is 2. The molecule has 2 aromatic rings. The van der Waals surface area contributed by atoms with E-state index in [1.165, 1.54) is 0 Å². The zero-order chi connectivity index (χ0) is 12.3. The van der Waals surface area contributed by atoms with Crippen LogP contribution in [0, 0.1) is 0 Å². The van der Waals surface area contributed by atoms with Crippen LogP contribution in [0.3, 0.4) is 0 Å². The number of nitrogens with zero attached hydrogens (tertiary/aromatic N) is 2. The van der Waals surface area contributed by atoms with E-state index in [0.717, 1.165) is 10.2 Å². The molecule has 1 heterocycles. The standard InChI is InChI=1S/C11H10BrClN4/c1-14-10-5-15-6-11(17-10)16-9-4-7(12)2-3-8(9)13/h2-6H,1H3,(H2,14,16,17). The van der Waals surface area contributed by atoms with Crippen molar-refractivity contribution in [3.63, 3.8) is 0 Å². The Labute approximate surface area is 113 Å². The van der Waals surface area contributed by atoms with Crippen LogP contribution in [0.5, 0.6) is 0 Å². The molecule has 0 aliphatic carbocycles. The third-order valence-electron chi connectivity index (χ3n) is 2.08. The summed E-state index contributed by atoms with van der Waals surface area (Å²) in [5, 5.41) is 6.66. The Morgan fingerprint density at radius 3 is 2.76 bits per heavy atom. The molecule has 0 saturated heterocycles. The molecule has 2 rings (SSSR count). The molecule has 0 radical (unpaired) electrons. The molecule has 0 atom stereocenters. The average molecular weight is 314 g/mol. The van der Waals surface area contributed by atoms with Crippen LogP contribution in [0.25, 0.3) is 0 Å². The summed E-state index contributed by atoms with van der Waals surface area (Å²) in [6, 6.07) is 5.57. The van der Waals surface area contributed by atoms with Crippen LogP contribution in [-0.2, 0) is 0 Å². The van der Waals surface area contributed by atoms with Crippen molar-refractivity contribution >= 4 is 44.9 Å². The number of benzene rings is 1. The third-order valence-corrected chi connectivity index (χ3v) is 2.90. The summed E-state index contributed by atoms with van der Waals surface area (Å²) in [5.41, 5.74) is 0.781. The molecule has 0 aliphatic rings. The molecule has 0 bridgehead atoms. The second-order valence-electron chi connectivity index (χ2n) is 3.29. The van der Waals surface area contributed by atoms with Crippen LogP contribution in [0.2, 0.25) is 5.02 Å². The Morgan fingerprint density at radius 2 is 2.00 bits per heavy atom.